The smallest absolute Gasteiger partial charge is 0.337 e. The van der Waals surface area contributed by atoms with Crippen molar-refractivity contribution >= 4 is 11.5 Å². The zero-order valence-electron chi connectivity index (χ0n) is 12.8. The fourth-order valence-corrected chi connectivity index (χ4v) is 2.82. The monoisotopic (exact) mass is 294 g/mol. The van der Waals surface area contributed by atoms with E-state index < -0.39 is 0 Å². The van der Waals surface area contributed by atoms with Crippen LogP contribution in [0.3, 0.4) is 0 Å². The summed E-state index contributed by atoms with van der Waals surface area (Å²) in [5.41, 5.74) is 5.25. The molecule has 22 heavy (non-hydrogen) atoms. The van der Waals surface area contributed by atoms with Crippen LogP contribution in [0.5, 0.6) is 5.75 Å². The van der Waals surface area contributed by atoms with Crippen molar-refractivity contribution in [3.05, 3.63) is 70.8 Å². The van der Waals surface area contributed by atoms with Gasteiger partial charge >= 0.3 is 5.97 Å². The van der Waals surface area contributed by atoms with Crippen molar-refractivity contribution in [2.75, 3.05) is 14.2 Å². The second kappa shape index (κ2) is 6.06. The molecule has 0 aromatic heterocycles. The Kier molecular flexibility index (Phi) is 3.96. The second-order valence-corrected chi connectivity index (χ2v) is 5.25. The van der Waals surface area contributed by atoms with Crippen LogP contribution in [0.15, 0.2) is 48.5 Å². The maximum Gasteiger partial charge on any atom is 0.337 e. The van der Waals surface area contributed by atoms with Gasteiger partial charge in [-0.15, -0.1) is 0 Å². The molecule has 3 heteroatoms. The van der Waals surface area contributed by atoms with Crippen molar-refractivity contribution in [2.24, 2.45) is 0 Å². The van der Waals surface area contributed by atoms with Crippen LogP contribution >= 0.6 is 0 Å². The molecule has 0 atom stereocenters. The number of esters is 1. The number of ether oxygens (including phenoxy) is 2. The number of rotatable bonds is 3. The fraction of sp³-hybridized carbons (Fsp3) is 0.211. The molecule has 112 valence electrons. The molecule has 1 aliphatic carbocycles. The van der Waals surface area contributed by atoms with Crippen LogP contribution in [0.2, 0.25) is 0 Å². The molecular weight excluding hydrogens is 276 g/mol. The first-order chi connectivity index (χ1) is 10.7. The molecule has 0 fully saturated rings. The van der Waals surface area contributed by atoms with Gasteiger partial charge in [0.05, 0.1) is 19.8 Å². The minimum Gasteiger partial charge on any atom is -0.497 e. The Hall–Kier alpha value is -2.55. The highest BCUT2D eigenvalue weighted by atomic mass is 16.5. The number of hydrogen-bond acceptors (Lipinski definition) is 3. The van der Waals surface area contributed by atoms with Crippen LogP contribution in [0.25, 0.3) is 5.57 Å². The van der Waals surface area contributed by atoms with E-state index in [-0.39, 0.29) is 5.97 Å². The standard InChI is InChI=1S/C19H18O3/c1-21-16-10-8-14(9-11-16)17-5-3-4-13-6-7-15(12-18(13)17)19(20)22-2/h5-12H,3-4H2,1-2H3. The third-order valence-corrected chi connectivity index (χ3v) is 3.98. The van der Waals surface area contributed by atoms with E-state index in [9.17, 15) is 4.79 Å². The highest BCUT2D eigenvalue weighted by molar-refractivity contribution is 5.92. The Balaban J connectivity index is 2.04. The third-order valence-electron chi connectivity index (χ3n) is 3.98. The number of allylic oxidation sites excluding steroid dienone is 1. The summed E-state index contributed by atoms with van der Waals surface area (Å²) in [6, 6.07) is 13.8. The Morgan fingerprint density at radius 3 is 2.50 bits per heavy atom. The predicted molar refractivity (Wildman–Crippen MR) is 86.2 cm³/mol. The van der Waals surface area contributed by atoms with Gasteiger partial charge in [-0.1, -0.05) is 24.3 Å². The van der Waals surface area contributed by atoms with Gasteiger partial charge < -0.3 is 9.47 Å². The number of methoxy groups -OCH3 is 2. The van der Waals surface area contributed by atoms with E-state index in [4.69, 9.17) is 9.47 Å². The average molecular weight is 294 g/mol. The van der Waals surface area contributed by atoms with Crippen molar-refractivity contribution in [3.63, 3.8) is 0 Å². The van der Waals surface area contributed by atoms with E-state index in [0.29, 0.717) is 5.56 Å². The van der Waals surface area contributed by atoms with Gasteiger partial charge in [0, 0.05) is 0 Å². The lowest BCUT2D eigenvalue weighted by atomic mass is 9.86. The molecule has 2 aromatic carbocycles. The summed E-state index contributed by atoms with van der Waals surface area (Å²) in [6.07, 6.45) is 4.23. The summed E-state index contributed by atoms with van der Waals surface area (Å²) in [4.78, 5) is 11.8. The zero-order chi connectivity index (χ0) is 15.5. The first-order valence-corrected chi connectivity index (χ1v) is 7.29. The fourth-order valence-electron chi connectivity index (χ4n) is 2.82. The van der Waals surface area contributed by atoms with Crippen molar-refractivity contribution in [1.29, 1.82) is 0 Å². The Morgan fingerprint density at radius 2 is 1.82 bits per heavy atom. The van der Waals surface area contributed by atoms with Gasteiger partial charge in [-0.3, -0.25) is 0 Å². The molecular formula is C19H18O3. The Bertz CT molecular complexity index is 727. The largest absolute Gasteiger partial charge is 0.497 e. The van der Waals surface area contributed by atoms with Crippen molar-refractivity contribution in [1.82, 2.24) is 0 Å². The van der Waals surface area contributed by atoms with Crippen LogP contribution in [0.4, 0.5) is 0 Å². The summed E-state index contributed by atoms with van der Waals surface area (Å²) >= 11 is 0. The van der Waals surface area contributed by atoms with Gasteiger partial charge in [-0.2, -0.15) is 0 Å². The molecule has 0 bridgehead atoms. The van der Waals surface area contributed by atoms with Crippen LogP contribution < -0.4 is 4.74 Å². The quantitative estimate of drug-likeness (QED) is 0.806. The highest BCUT2D eigenvalue weighted by Crippen LogP contribution is 2.33. The zero-order valence-corrected chi connectivity index (χ0v) is 12.8. The number of carbonyl (C=O) groups is 1. The van der Waals surface area contributed by atoms with Crippen molar-refractivity contribution in [3.8, 4) is 5.75 Å². The summed E-state index contributed by atoms with van der Waals surface area (Å²) in [5, 5.41) is 0. The predicted octanol–water partition coefficient (Wildman–Crippen LogP) is 3.86. The molecule has 0 radical (unpaired) electrons. The van der Waals surface area contributed by atoms with E-state index in [1.807, 2.05) is 42.5 Å². The molecule has 3 rings (SSSR count). The maximum atomic E-state index is 11.8. The number of benzene rings is 2. The van der Waals surface area contributed by atoms with Gasteiger partial charge in [-0.25, -0.2) is 4.79 Å². The molecule has 0 saturated carbocycles. The number of carbonyl (C=O) groups excluding carboxylic acids is 1. The van der Waals surface area contributed by atoms with Crippen LogP contribution in [-0.4, -0.2) is 20.2 Å². The molecule has 0 saturated heterocycles. The Morgan fingerprint density at radius 1 is 1.05 bits per heavy atom. The van der Waals surface area contributed by atoms with Gasteiger partial charge in [0.15, 0.2) is 0 Å². The molecule has 3 nitrogen and oxygen atoms in total. The SMILES string of the molecule is COC(=O)c1ccc2c(c1)C(c1ccc(OC)cc1)=CCC2. The highest BCUT2D eigenvalue weighted by Gasteiger charge is 2.17. The molecule has 1 aliphatic rings. The Labute approximate surface area is 130 Å². The summed E-state index contributed by atoms with van der Waals surface area (Å²) < 4.78 is 10.0. The topological polar surface area (TPSA) is 35.5 Å². The van der Waals surface area contributed by atoms with Gasteiger partial charge in [0.2, 0.25) is 0 Å². The minimum atomic E-state index is -0.303. The number of hydrogen-bond donors (Lipinski definition) is 0. The van der Waals surface area contributed by atoms with E-state index in [2.05, 4.69) is 6.08 Å². The van der Waals surface area contributed by atoms with Crippen molar-refractivity contribution < 1.29 is 14.3 Å². The molecule has 0 unspecified atom stereocenters. The van der Waals surface area contributed by atoms with Gasteiger partial charge in [0.1, 0.15) is 5.75 Å². The van der Waals surface area contributed by atoms with E-state index >= 15 is 0 Å². The minimum absolute atomic E-state index is 0.303. The number of aryl methyl sites for hydroxylation is 1. The lowest BCUT2D eigenvalue weighted by Gasteiger charge is -2.19. The van der Waals surface area contributed by atoms with Gasteiger partial charge in [0.25, 0.3) is 0 Å². The van der Waals surface area contributed by atoms with Crippen LogP contribution in [0.1, 0.15) is 33.5 Å². The van der Waals surface area contributed by atoms with E-state index in [1.54, 1.807) is 7.11 Å². The summed E-state index contributed by atoms with van der Waals surface area (Å²) in [6.45, 7) is 0. The number of fused-ring (bicyclic) bond motifs is 1. The van der Waals surface area contributed by atoms with Gasteiger partial charge in [-0.05, 0) is 59.4 Å². The molecule has 0 amide bonds. The summed E-state index contributed by atoms with van der Waals surface area (Å²) in [7, 11) is 3.06. The molecule has 0 N–H and O–H groups in total. The third kappa shape index (κ3) is 2.62. The lowest BCUT2D eigenvalue weighted by molar-refractivity contribution is 0.0600. The first-order valence-electron chi connectivity index (χ1n) is 7.29. The van der Waals surface area contributed by atoms with E-state index in [0.717, 1.165) is 35.3 Å². The van der Waals surface area contributed by atoms with Crippen LogP contribution in [0, 0.1) is 0 Å². The van der Waals surface area contributed by atoms with Crippen molar-refractivity contribution in [2.45, 2.75) is 12.8 Å². The molecule has 0 aliphatic heterocycles. The summed E-state index contributed by atoms with van der Waals surface area (Å²) in [5.74, 6) is 0.533. The van der Waals surface area contributed by atoms with E-state index in [1.165, 1.54) is 12.7 Å². The second-order valence-electron chi connectivity index (χ2n) is 5.25. The normalized spacial score (nSPS) is 13.1. The molecule has 0 heterocycles. The van der Waals surface area contributed by atoms with Crippen LogP contribution in [-0.2, 0) is 11.2 Å². The maximum absolute atomic E-state index is 11.8. The average Bonchev–Trinajstić information content (AvgIpc) is 2.60. The lowest BCUT2D eigenvalue weighted by Crippen LogP contribution is -2.06. The first kappa shape index (κ1) is 14.4. The molecule has 0 spiro atoms. The molecule has 2 aromatic rings.